The van der Waals surface area contributed by atoms with Gasteiger partial charge in [-0.05, 0) is 36.2 Å². The van der Waals surface area contributed by atoms with Crippen molar-refractivity contribution in [3.8, 4) is 11.5 Å². The summed E-state index contributed by atoms with van der Waals surface area (Å²) in [5.74, 6) is 1.87. The Bertz CT molecular complexity index is 645. The van der Waals surface area contributed by atoms with E-state index in [4.69, 9.17) is 9.47 Å². The average molecular weight is 412 g/mol. The van der Waals surface area contributed by atoms with Gasteiger partial charge in [0.15, 0.2) is 0 Å². The lowest BCUT2D eigenvalue weighted by molar-refractivity contribution is 0.230. The van der Waals surface area contributed by atoms with Crippen LogP contribution in [0.3, 0.4) is 0 Å². The second kappa shape index (κ2) is 6.01. The Labute approximate surface area is 141 Å². The van der Waals surface area contributed by atoms with Gasteiger partial charge in [0, 0.05) is 16.5 Å². The number of alkyl halides is 1. The van der Waals surface area contributed by atoms with E-state index in [1.807, 2.05) is 12.1 Å². The molecule has 2 aromatic rings. The van der Waals surface area contributed by atoms with Gasteiger partial charge in [-0.3, -0.25) is 0 Å². The van der Waals surface area contributed by atoms with E-state index in [-0.39, 0.29) is 10.9 Å². The summed E-state index contributed by atoms with van der Waals surface area (Å²) in [5, 5.41) is 0. The molecule has 0 aliphatic carbocycles. The van der Waals surface area contributed by atoms with Crippen LogP contribution in [0.15, 0.2) is 40.9 Å². The number of benzene rings is 2. The molecule has 0 radical (unpaired) electrons. The van der Waals surface area contributed by atoms with Crippen molar-refractivity contribution in [2.45, 2.75) is 24.3 Å². The number of rotatable bonds is 3. The minimum atomic E-state index is 0.0749. The zero-order chi connectivity index (χ0) is 15.0. The fraction of sp³-hybridized carbons (Fsp3) is 0.294. The van der Waals surface area contributed by atoms with Crippen molar-refractivity contribution in [2.24, 2.45) is 0 Å². The van der Waals surface area contributed by atoms with Crippen molar-refractivity contribution in [1.29, 1.82) is 0 Å². The van der Waals surface area contributed by atoms with Crippen LogP contribution in [0, 0.1) is 6.92 Å². The standard InChI is InChI=1S/C17H16Br2O2/c1-10-7-15(20-2)12(9-13(10)18)17(19)16-8-11-5-3-4-6-14(11)21-16/h3-7,9,16-17H,8H2,1-2H3. The van der Waals surface area contributed by atoms with Crippen LogP contribution in [-0.2, 0) is 6.42 Å². The largest absolute Gasteiger partial charge is 0.496 e. The lowest BCUT2D eigenvalue weighted by atomic mass is 10.0. The van der Waals surface area contributed by atoms with Crippen LogP contribution < -0.4 is 9.47 Å². The number of hydrogen-bond donors (Lipinski definition) is 0. The van der Waals surface area contributed by atoms with Crippen LogP contribution in [0.2, 0.25) is 0 Å². The summed E-state index contributed by atoms with van der Waals surface area (Å²) in [6, 6.07) is 12.4. The molecule has 21 heavy (non-hydrogen) atoms. The van der Waals surface area contributed by atoms with Crippen LogP contribution in [0.5, 0.6) is 11.5 Å². The van der Waals surface area contributed by atoms with Gasteiger partial charge in [-0.1, -0.05) is 50.1 Å². The molecular formula is C17H16Br2O2. The fourth-order valence-electron chi connectivity index (χ4n) is 2.64. The van der Waals surface area contributed by atoms with Gasteiger partial charge >= 0.3 is 0 Å². The first-order valence-corrected chi connectivity index (χ1v) is 8.53. The molecule has 0 spiro atoms. The van der Waals surface area contributed by atoms with E-state index in [2.05, 4.69) is 63.0 Å². The highest BCUT2D eigenvalue weighted by molar-refractivity contribution is 9.10. The van der Waals surface area contributed by atoms with Gasteiger partial charge in [-0.25, -0.2) is 0 Å². The van der Waals surface area contributed by atoms with Crippen molar-refractivity contribution < 1.29 is 9.47 Å². The second-order valence-electron chi connectivity index (χ2n) is 5.21. The summed E-state index contributed by atoms with van der Waals surface area (Å²) in [7, 11) is 1.70. The normalized spacial score (nSPS) is 18.0. The number of para-hydroxylation sites is 1. The van der Waals surface area contributed by atoms with Crippen LogP contribution in [0.25, 0.3) is 0 Å². The maximum atomic E-state index is 6.07. The molecule has 2 aromatic carbocycles. The summed E-state index contributed by atoms with van der Waals surface area (Å²) >= 11 is 7.39. The van der Waals surface area contributed by atoms with Gasteiger partial charge in [0.1, 0.15) is 17.6 Å². The Kier molecular flexibility index (Phi) is 4.27. The van der Waals surface area contributed by atoms with Crippen molar-refractivity contribution in [2.75, 3.05) is 7.11 Å². The fourth-order valence-corrected chi connectivity index (χ4v) is 3.65. The Morgan fingerprint density at radius 2 is 2.05 bits per heavy atom. The first-order valence-electron chi connectivity index (χ1n) is 6.83. The van der Waals surface area contributed by atoms with Gasteiger partial charge in [0.2, 0.25) is 0 Å². The molecule has 2 unspecified atom stereocenters. The summed E-state index contributed by atoms with van der Waals surface area (Å²) in [6.07, 6.45) is 0.978. The molecule has 0 amide bonds. The van der Waals surface area contributed by atoms with E-state index >= 15 is 0 Å². The number of fused-ring (bicyclic) bond motifs is 1. The Morgan fingerprint density at radius 1 is 1.29 bits per heavy atom. The number of methoxy groups -OCH3 is 1. The molecule has 110 valence electrons. The number of hydrogen-bond acceptors (Lipinski definition) is 2. The van der Waals surface area contributed by atoms with E-state index in [1.165, 1.54) is 5.56 Å². The molecule has 2 atom stereocenters. The van der Waals surface area contributed by atoms with Gasteiger partial charge in [0.25, 0.3) is 0 Å². The Morgan fingerprint density at radius 3 is 2.76 bits per heavy atom. The van der Waals surface area contributed by atoms with Crippen molar-refractivity contribution in [1.82, 2.24) is 0 Å². The Hall–Kier alpha value is -1.00. The SMILES string of the molecule is COc1cc(C)c(Br)cc1C(Br)C1Cc2ccccc2O1. The third-order valence-electron chi connectivity index (χ3n) is 3.81. The molecule has 0 saturated heterocycles. The minimum Gasteiger partial charge on any atom is -0.496 e. The first kappa shape index (κ1) is 14.9. The molecule has 0 bridgehead atoms. The summed E-state index contributed by atoms with van der Waals surface area (Å²) < 4.78 is 12.7. The molecule has 1 aliphatic rings. The van der Waals surface area contributed by atoms with Crippen molar-refractivity contribution in [3.05, 3.63) is 57.6 Å². The molecule has 4 heteroatoms. The second-order valence-corrected chi connectivity index (χ2v) is 7.05. The van der Waals surface area contributed by atoms with Crippen LogP contribution >= 0.6 is 31.9 Å². The van der Waals surface area contributed by atoms with Crippen molar-refractivity contribution in [3.63, 3.8) is 0 Å². The molecular weight excluding hydrogens is 396 g/mol. The minimum absolute atomic E-state index is 0.0749. The highest BCUT2D eigenvalue weighted by Crippen LogP contribution is 2.42. The van der Waals surface area contributed by atoms with E-state index < -0.39 is 0 Å². The predicted octanol–water partition coefficient (Wildman–Crippen LogP) is 5.21. The Balaban J connectivity index is 1.90. The topological polar surface area (TPSA) is 18.5 Å². The molecule has 0 saturated carbocycles. The highest BCUT2D eigenvalue weighted by atomic mass is 79.9. The maximum Gasteiger partial charge on any atom is 0.123 e. The smallest absolute Gasteiger partial charge is 0.123 e. The molecule has 3 rings (SSSR count). The first-order chi connectivity index (χ1) is 10.1. The average Bonchev–Trinajstić information content (AvgIpc) is 2.92. The quantitative estimate of drug-likeness (QED) is 0.645. The predicted molar refractivity (Wildman–Crippen MR) is 91.7 cm³/mol. The zero-order valence-corrected chi connectivity index (χ0v) is 15.1. The van der Waals surface area contributed by atoms with E-state index in [1.54, 1.807) is 7.11 Å². The van der Waals surface area contributed by atoms with Gasteiger partial charge in [-0.2, -0.15) is 0 Å². The third-order valence-corrected chi connectivity index (χ3v) is 5.74. The van der Waals surface area contributed by atoms with Crippen LogP contribution in [0.4, 0.5) is 0 Å². The van der Waals surface area contributed by atoms with E-state index in [0.29, 0.717) is 0 Å². The molecule has 2 nitrogen and oxygen atoms in total. The maximum absolute atomic E-state index is 6.07. The lowest BCUT2D eigenvalue weighted by Crippen LogP contribution is -2.19. The van der Waals surface area contributed by atoms with Gasteiger partial charge in [0.05, 0.1) is 11.9 Å². The van der Waals surface area contributed by atoms with Gasteiger partial charge < -0.3 is 9.47 Å². The molecule has 1 heterocycles. The van der Waals surface area contributed by atoms with E-state index in [9.17, 15) is 0 Å². The zero-order valence-electron chi connectivity index (χ0n) is 11.9. The number of ether oxygens (including phenoxy) is 2. The summed E-state index contributed by atoms with van der Waals surface area (Å²) in [4.78, 5) is 0.0803. The van der Waals surface area contributed by atoms with Crippen LogP contribution in [0.1, 0.15) is 21.5 Å². The number of aryl methyl sites for hydroxylation is 1. The third kappa shape index (κ3) is 2.84. The van der Waals surface area contributed by atoms with Gasteiger partial charge in [-0.15, -0.1) is 0 Å². The molecule has 1 aliphatic heterocycles. The lowest BCUT2D eigenvalue weighted by Gasteiger charge is -2.21. The van der Waals surface area contributed by atoms with Crippen LogP contribution in [-0.4, -0.2) is 13.2 Å². The molecule has 0 N–H and O–H groups in total. The van der Waals surface area contributed by atoms with Crippen molar-refractivity contribution >= 4 is 31.9 Å². The van der Waals surface area contributed by atoms with E-state index in [0.717, 1.165) is 33.5 Å². The summed E-state index contributed by atoms with van der Waals surface area (Å²) in [6.45, 7) is 2.06. The number of halogens is 2. The highest BCUT2D eigenvalue weighted by Gasteiger charge is 2.31. The molecule has 0 aromatic heterocycles. The summed E-state index contributed by atoms with van der Waals surface area (Å²) in [5.41, 5.74) is 3.52. The monoisotopic (exact) mass is 410 g/mol. The molecule has 0 fully saturated rings.